The van der Waals surface area contributed by atoms with Crippen molar-refractivity contribution in [3.05, 3.63) is 58.3 Å². The molecule has 3 nitrogen and oxygen atoms in total. The van der Waals surface area contributed by atoms with Crippen molar-refractivity contribution in [2.75, 3.05) is 7.11 Å². The van der Waals surface area contributed by atoms with Gasteiger partial charge in [0.25, 0.3) is 0 Å². The van der Waals surface area contributed by atoms with Crippen molar-refractivity contribution >= 4 is 15.9 Å². The third kappa shape index (κ3) is 3.55. The van der Waals surface area contributed by atoms with Crippen LogP contribution in [0.1, 0.15) is 18.2 Å². The molecule has 1 atom stereocenters. The van der Waals surface area contributed by atoms with Gasteiger partial charge in [-0.15, -0.1) is 0 Å². The van der Waals surface area contributed by atoms with Gasteiger partial charge in [0, 0.05) is 22.8 Å². The Morgan fingerprint density at radius 3 is 2.74 bits per heavy atom. The molecule has 1 unspecified atom stereocenters. The Morgan fingerprint density at radius 2 is 2.11 bits per heavy atom. The average molecular weight is 322 g/mol. The van der Waals surface area contributed by atoms with Crippen LogP contribution in [0.5, 0.6) is 5.75 Å². The van der Waals surface area contributed by atoms with E-state index in [0.717, 1.165) is 21.5 Å². The maximum Gasteiger partial charge on any atom is 0.119 e. The van der Waals surface area contributed by atoms with Crippen LogP contribution in [0, 0.1) is 0 Å². The monoisotopic (exact) mass is 321 g/mol. The topological polar surface area (TPSA) is 42.4 Å². The van der Waals surface area contributed by atoms with E-state index in [4.69, 9.17) is 4.74 Å². The van der Waals surface area contributed by atoms with Crippen molar-refractivity contribution in [2.24, 2.45) is 0 Å². The van der Waals surface area contributed by atoms with E-state index in [1.165, 1.54) is 0 Å². The van der Waals surface area contributed by atoms with Crippen LogP contribution in [-0.2, 0) is 12.0 Å². The largest absolute Gasteiger partial charge is 0.497 e. The first-order chi connectivity index (χ1) is 9.01. The number of hydrogen-bond acceptors (Lipinski definition) is 3. The molecule has 0 saturated heterocycles. The highest BCUT2D eigenvalue weighted by molar-refractivity contribution is 9.10. The lowest BCUT2D eigenvalue weighted by Gasteiger charge is -2.24. The van der Waals surface area contributed by atoms with Gasteiger partial charge in [0.15, 0.2) is 0 Å². The lowest BCUT2D eigenvalue weighted by Crippen LogP contribution is -2.24. The molecule has 19 heavy (non-hydrogen) atoms. The van der Waals surface area contributed by atoms with Crippen LogP contribution in [0.15, 0.2) is 47.1 Å². The highest BCUT2D eigenvalue weighted by Crippen LogP contribution is 2.27. The molecule has 2 rings (SSSR count). The van der Waals surface area contributed by atoms with Gasteiger partial charge in [-0.05, 0) is 52.7 Å². The van der Waals surface area contributed by atoms with Gasteiger partial charge in [0.1, 0.15) is 5.75 Å². The van der Waals surface area contributed by atoms with E-state index in [-0.39, 0.29) is 0 Å². The van der Waals surface area contributed by atoms with E-state index in [2.05, 4.69) is 20.9 Å². The normalized spacial score (nSPS) is 13.9. The summed E-state index contributed by atoms with van der Waals surface area (Å²) in [6.07, 6.45) is 2.18. The molecular weight excluding hydrogens is 306 g/mol. The molecular formula is C15H16BrNO2. The average Bonchev–Trinajstić information content (AvgIpc) is 2.41. The van der Waals surface area contributed by atoms with E-state index < -0.39 is 5.60 Å². The number of halogens is 1. The van der Waals surface area contributed by atoms with Crippen molar-refractivity contribution in [1.29, 1.82) is 0 Å². The molecule has 0 aliphatic carbocycles. The van der Waals surface area contributed by atoms with Gasteiger partial charge < -0.3 is 9.84 Å². The van der Waals surface area contributed by atoms with Gasteiger partial charge >= 0.3 is 0 Å². The third-order valence-corrected chi connectivity index (χ3v) is 3.47. The Morgan fingerprint density at radius 1 is 1.32 bits per heavy atom. The van der Waals surface area contributed by atoms with Crippen molar-refractivity contribution in [1.82, 2.24) is 4.98 Å². The van der Waals surface area contributed by atoms with E-state index in [0.29, 0.717) is 6.42 Å². The fourth-order valence-corrected chi connectivity index (χ4v) is 2.16. The summed E-state index contributed by atoms with van der Waals surface area (Å²) in [6.45, 7) is 1.78. The smallest absolute Gasteiger partial charge is 0.119 e. The summed E-state index contributed by atoms with van der Waals surface area (Å²) in [4.78, 5) is 4.29. The van der Waals surface area contributed by atoms with Gasteiger partial charge in [-0.3, -0.25) is 4.98 Å². The van der Waals surface area contributed by atoms with Crippen LogP contribution in [0.4, 0.5) is 0 Å². The lowest BCUT2D eigenvalue weighted by atomic mass is 9.91. The van der Waals surface area contributed by atoms with E-state index >= 15 is 0 Å². The van der Waals surface area contributed by atoms with Crippen LogP contribution in [0.25, 0.3) is 0 Å². The molecule has 2 aromatic rings. The molecule has 0 amide bonds. The summed E-state index contributed by atoms with van der Waals surface area (Å²) in [7, 11) is 1.62. The fourth-order valence-electron chi connectivity index (χ4n) is 1.92. The number of hydrogen-bond donors (Lipinski definition) is 1. The van der Waals surface area contributed by atoms with Crippen LogP contribution in [0.2, 0.25) is 0 Å². The molecule has 100 valence electrons. The predicted octanol–water partition coefficient (Wildman–Crippen LogP) is 3.30. The van der Waals surface area contributed by atoms with Crippen molar-refractivity contribution < 1.29 is 9.84 Å². The maximum absolute atomic E-state index is 10.6. The Hall–Kier alpha value is -1.39. The summed E-state index contributed by atoms with van der Waals surface area (Å²) in [6, 6.07) is 11.3. The van der Waals surface area contributed by atoms with Crippen molar-refractivity contribution in [3.63, 3.8) is 0 Å². The first-order valence-electron chi connectivity index (χ1n) is 5.98. The number of nitrogens with zero attached hydrogens (tertiary/aromatic N) is 1. The fraction of sp³-hybridized carbons (Fsp3) is 0.267. The Kier molecular flexibility index (Phi) is 4.22. The summed E-state index contributed by atoms with van der Waals surface area (Å²) >= 11 is 3.35. The number of ether oxygens (including phenoxy) is 1. The second-order valence-corrected chi connectivity index (χ2v) is 5.57. The second kappa shape index (κ2) is 5.72. The SMILES string of the molecule is COc1cccc(C(C)(O)Cc2ccc(Br)cn2)c1. The second-order valence-electron chi connectivity index (χ2n) is 4.65. The summed E-state index contributed by atoms with van der Waals surface area (Å²) in [5, 5.41) is 10.6. The van der Waals surface area contributed by atoms with Gasteiger partial charge in [-0.25, -0.2) is 0 Å². The van der Waals surface area contributed by atoms with Crippen molar-refractivity contribution in [2.45, 2.75) is 18.9 Å². The summed E-state index contributed by atoms with van der Waals surface area (Å²) in [5.41, 5.74) is 0.683. The number of benzene rings is 1. The van der Waals surface area contributed by atoms with Crippen LogP contribution < -0.4 is 4.74 Å². The molecule has 1 N–H and O–H groups in total. The summed E-state index contributed by atoms with van der Waals surface area (Å²) in [5.74, 6) is 0.738. The summed E-state index contributed by atoms with van der Waals surface area (Å²) < 4.78 is 6.11. The van der Waals surface area contributed by atoms with Gasteiger partial charge in [-0.2, -0.15) is 0 Å². The van der Waals surface area contributed by atoms with Gasteiger partial charge in [0.2, 0.25) is 0 Å². The highest BCUT2D eigenvalue weighted by atomic mass is 79.9. The number of methoxy groups -OCH3 is 1. The zero-order valence-corrected chi connectivity index (χ0v) is 12.5. The molecule has 1 aromatic heterocycles. The Balaban J connectivity index is 2.23. The molecule has 4 heteroatoms. The molecule has 1 aromatic carbocycles. The van der Waals surface area contributed by atoms with E-state index in [1.54, 1.807) is 20.2 Å². The van der Waals surface area contributed by atoms with Crippen LogP contribution >= 0.6 is 15.9 Å². The zero-order valence-electron chi connectivity index (χ0n) is 10.9. The Bertz CT molecular complexity index is 552. The minimum Gasteiger partial charge on any atom is -0.497 e. The first-order valence-corrected chi connectivity index (χ1v) is 6.78. The Labute approximate surface area is 121 Å². The molecule has 0 spiro atoms. The minimum absolute atomic E-state index is 0.452. The van der Waals surface area contributed by atoms with Crippen LogP contribution in [0.3, 0.4) is 0 Å². The number of aromatic nitrogens is 1. The maximum atomic E-state index is 10.6. The molecule has 0 aliphatic rings. The number of pyridine rings is 1. The molecule has 1 heterocycles. The third-order valence-electron chi connectivity index (χ3n) is 3.01. The van der Waals surface area contributed by atoms with E-state index in [1.807, 2.05) is 36.4 Å². The minimum atomic E-state index is -0.977. The highest BCUT2D eigenvalue weighted by Gasteiger charge is 2.24. The lowest BCUT2D eigenvalue weighted by molar-refractivity contribution is 0.0563. The molecule has 0 bridgehead atoms. The van der Waals surface area contributed by atoms with Gasteiger partial charge in [0.05, 0.1) is 12.7 Å². The number of aliphatic hydroxyl groups is 1. The molecule has 0 aliphatic heterocycles. The zero-order chi connectivity index (χ0) is 13.9. The van der Waals surface area contributed by atoms with Crippen LogP contribution in [-0.4, -0.2) is 17.2 Å². The quantitative estimate of drug-likeness (QED) is 0.939. The molecule has 0 fully saturated rings. The van der Waals surface area contributed by atoms with E-state index in [9.17, 15) is 5.11 Å². The van der Waals surface area contributed by atoms with Gasteiger partial charge in [-0.1, -0.05) is 12.1 Å². The first kappa shape index (κ1) is 14.0. The number of rotatable bonds is 4. The molecule has 0 saturated carbocycles. The standard InChI is InChI=1S/C15H16BrNO2/c1-15(18,9-13-7-6-12(16)10-17-13)11-4-3-5-14(8-11)19-2/h3-8,10,18H,9H2,1-2H3. The van der Waals surface area contributed by atoms with Crippen molar-refractivity contribution in [3.8, 4) is 5.75 Å². The predicted molar refractivity (Wildman–Crippen MR) is 78.2 cm³/mol. The molecule has 0 radical (unpaired) electrons.